The van der Waals surface area contributed by atoms with E-state index in [0.29, 0.717) is 11.3 Å². The lowest BCUT2D eigenvalue weighted by atomic mass is 10.1. The molecular weight excluding hydrogens is 244 g/mol. The first-order valence-electron chi connectivity index (χ1n) is 6.23. The number of rotatable bonds is 5. The summed E-state index contributed by atoms with van der Waals surface area (Å²) in [5, 5.41) is 0. The van der Waals surface area contributed by atoms with Gasteiger partial charge in [-0.15, -0.1) is 0 Å². The van der Waals surface area contributed by atoms with Crippen LogP contribution in [0.15, 0.2) is 24.3 Å². The number of Topliss-reactive ketones (excluding diaryl/α,β-unsaturated/α-hetero) is 1. The van der Waals surface area contributed by atoms with Gasteiger partial charge in [0.2, 0.25) is 0 Å². The number of carbonyl (C=O) groups is 2. The molecule has 1 rings (SSSR count). The normalized spacial score (nSPS) is 10.9. The molecule has 104 valence electrons. The molecule has 0 saturated heterocycles. The zero-order valence-electron chi connectivity index (χ0n) is 11.9. The van der Waals surface area contributed by atoms with Crippen molar-refractivity contribution in [3.8, 4) is 5.75 Å². The number of ketones is 1. The molecule has 0 aliphatic rings. The Morgan fingerprint density at radius 1 is 1.21 bits per heavy atom. The van der Waals surface area contributed by atoms with Crippen LogP contribution in [0, 0.1) is 0 Å². The highest BCUT2D eigenvalue weighted by molar-refractivity contribution is 5.94. The van der Waals surface area contributed by atoms with Gasteiger partial charge in [-0.25, -0.2) is 0 Å². The largest absolute Gasteiger partial charge is 0.493 e. The van der Waals surface area contributed by atoms with E-state index in [0.717, 1.165) is 0 Å². The maximum Gasteiger partial charge on any atom is 0.309 e. The fourth-order valence-electron chi connectivity index (χ4n) is 1.45. The van der Waals surface area contributed by atoms with Crippen molar-refractivity contribution in [3.05, 3.63) is 29.8 Å². The summed E-state index contributed by atoms with van der Waals surface area (Å²) in [5.41, 5.74) is 0.112. The second-order valence-corrected chi connectivity index (χ2v) is 5.27. The molecule has 0 aliphatic heterocycles. The Balaban J connectivity index is 2.43. The highest BCUT2D eigenvalue weighted by Crippen LogP contribution is 2.14. The summed E-state index contributed by atoms with van der Waals surface area (Å²) in [5.74, 6) is 0.268. The van der Waals surface area contributed by atoms with Crippen molar-refractivity contribution in [3.63, 3.8) is 0 Å². The SMILES string of the molecule is CC(=O)c1cccc(OCCC(=O)OC(C)(C)C)c1. The Kier molecular flexibility index (Phi) is 5.10. The summed E-state index contributed by atoms with van der Waals surface area (Å²) in [6, 6.07) is 6.89. The second kappa shape index (κ2) is 6.36. The zero-order chi connectivity index (χ0) is 14.5. The van der Waals surface area contributed by atoms with Crippen molar-refractivity contribution in [2.45, 2.75) is 39.7 Å². The molecular formula is C15H20O4. The summed E-state index contributed by atoms with van der Waals surface area (Å²) in [6.45, 7) is 7.20. The smallest absolute Gasteiger partial charge is 0.309 e. The number of benzene rings is 1. The van der Waals surface area contributed by atoms with E-state index in [-0.39, 0.29) is 24.8 Å². The molecule has 0 aromatic heterocycles. The molecule has 1 aromatic rings. The van der Waals surface area contributed by atoms with Crippen LogP contribution < -0.4 is 4.74 Å². The lowest BCUT2D eigenvalue weighted by Crippen LogP contribution is -2.24. The molecule has 4 heteroatoms. The lowest BCUT2D eigenvalue weighted by molar-refractivity contribution is -0.155. The maximum atomic E-state index is 11.5. The molecule has 0 heterocycles. The van der Waals surface area contributed by atoms with Crippen LogP contribution in [0.5, 0.6) is 5.75 Å². The molecule has 0 unspecified atom stereocenters. The quantitative estimate of drug-likeness (QED) is 0.606. The van der Waals surface area contributed by atoms with E-state index in [9.17, 15) is 9.59 Å². The predicted octanol–water partition coefficient (Wildman–Crippen LogP) is 3.00. The Bertz CT molecular complexity index is 457. The predicted molar refractivity (Wildman–Crippen MR) is 72.4 cm³/mol. The lowest BCUT2D eigenvalue weighted by Gasteiger charge is -2.19. The van der Waals surface area contributed by atoms with Gasteiger partial charge < -0.3 is 9.47 Å². The minimum atomic E-state index is -0.481. The van der Waals surface area contributed by atoms with E-state index in [1.807, 2.05) is 20.8 Å². The average molecular weight is 264 g/mol. The second-order valence-electron chi connectivity index (χ2n) is 5.27. The minimum absolute atomic E-state index is 0.0161. The van der Waals surface area contributed by atoms with E-state index in [4.69, 9.17) is 9.47 Å². The van der Waals surface area contributed by atoms with Gasteiger partial charge >= 0.3 is 5.97 Å². The van der Waals surface area contributed by atoms with Crippen LogP contribution in [0.25, 0.3) is 0 Å². The third-order valence-electron chi connectivity index (χ3n) is 2.24. The molecule has 0 bridgehead atoms. The highest BCUT2D eigenvalue weighted by Gasteiger charge is 2.15. The fraction of sp³-hybridized carbons (Fsp3) is 0.467. The van der Waals surface area contributed by atoms with Crippen LogP contribution in [0.4, 0.5) is 0 Å². The van der Waals surface area contributed by atoms with Gasteiger partial charge in [-0.05, 0) is 39.8 Å². The Hall–Kier alpha value is -1.84. The maximum absolute atomic E-state index is 11.5. The monoisotopic (exact) mass is 264 g/mol. The first kappa shape index (κ1) is 15.2. The highest BCUT2D eigenvalue weighted by atomic mass is 16.6. The van der Waals surface area contributed by atoms with Crippen molar-refractivity contribution in [2.75, 3.05) is 6.61 Å². The third kappa shape index (κ3) is 6.04. The molecule has 1 aromatic carbocycles. The Morgan fingerprint density at radius 2 is 1.89 bits per heavy atom. The molecule has 0 radical (unpaired) electrons. The van der Waals surface area contributed by atoms with Gasteiger partial charge in [-0.1, -0.05) is 12.1 Å². The number of esters is 1. The standard InChI is InChI=1S/C15H20O4/c1-11(16)12-6-5-7-13(10-12)18-9-8-14(17)19-15(2,3)4/h5-7,10H,8-9H2,1-4H3. The van der Waals surface area contributed by atoms with Crippen molar-refractivity contribution in [2.24, 2.45) is 0 Å². The van der Waals surface area contributed by atoms with E-state index >= 15 is 0 Å². The van der Waals surface area contributed by atoms with Gasteiger partial charge in [0.15, 0.2) is 5.78 Å². The summed E-state index contributed by atoms with van der Waals surface area (Å²) in [4.78, 5) is 22.7. The third-order valence-corrected chi connectivity index (χ3v) is 2.24. The van der Waals surface area contributed by atoms with Crippen molar-refractivity contribution in [1.82, 2.24) is 0 Å². The van der Waals surface area contributed by atoms with E-state index < -0.39 is 5.60 Å². The van der Waals surface area contributed by atoms with E-state index in [1.54, 1.807) is 24.3 Å². The van der Waals surface area contributed by atoms with Crippen LogP contribution in [-0.4, -0.2) is 24.0 Å². The van der Waals surface area contributed by atoms with Gasteiger partial charge in [-0.2, -0.15) is 0 Å². The number of carbonyl (C=O) groups excluding carboxylic acids is 2. The molecule has 0 spiro atoms. The van der Waals surface area contributed by atoms with Gasteiger partial charge in [0, 0.05) is 5.56 Å². The molecule has 0 fully saturated rings. The van der Waals surface area contributed by atoms with Crippen molar-refractivity contribution < 1.29 is 19.1 Å². The fourth-order valence-corrected chi connectivity index (χ4v) is 1.45. The van der Waals surface area contributed by atoms with E-state index in [2.05, 4.69) is 0 Å². The van der Waals surface area contributed by atoms with Crippen LogP contribution in [0.2, 0.25) is 0 Å². The molecule has 0 aliphatic carbocycles. The molecule has 0 N–H and O–H groups in total. The summed E-state index contributed by atoms with van der Waals surface area (Å²) in [7, 11) is 0. The van der Waals surface area contributed by atoms with Crippen LogP contribution >= 0.6 is 0 Å². The molecule has 0 atom stereocenters. The van der Waals surface area contributed by atoms with Crippen LogP contribution in [0.3, 0.4) is 0 Å². The first-order chi connectivity index (χ1) is 8.78. The summed E-state index contributed by atoms with van der Waals surface area (Å²) in [6.07, 6.45) is 0.182. The summed E-state index contributed by atoms with van der Waals surface area (Å²) >= 11 is 0. The Morgan fingerprint density at radius 3 is 2.47 bits per heavy atom. The molecule has 0 saturated carbocycles. The van der Waals surface area contributed by atoms with Crippen molar-refractivity contribution >= 4 is 11.8 Å². The molecule has 4 nitrogen and oxygen atoms in total. The van der Waals surface area contributed by atoms with Gasteiger partial charge in [0.1, 0.15) is 11.4 Å². The van der Waals surface area contributed by atoms with Crippen molar-refractivity contribution in [1.29, 1.82) is 0 Å². The molecule has 0 amide bonds. The number of hydrogen-bond acceptors (Lipinski definition) is 4. The van der Waals surface area contributed by atoms with Crippen LogP contribution in [-0.2, 0) is 9.53 Å². The topological polar surface area (TPSA) is 52.6 Å². The first-order valence-corrected chi connectivity index (χ1v) is 6.23. The molecule has 19 heavy (non-hydrogen) atoms. The number of ether oxygens (including phenoxy) is 2. The average Bonchev–Trinajstić information content (AvgIpc) is 2.27. The van der Waals surface area contributed by atoms with Gasteiger partial charge in [-0.3, -0.25) is 9.59 Å². The zero-order valence-corrected chi connectivity index (χ0v) is 11.9. The van der Waals surface area contributed by atoms with Gasteiger partial charge in [0.05, 0.1) is 13.0 Å². The number of hydrogen-bond donors (Lipinski definition) is 0. The minimum Gasteiger partial charge on any atom is -0.493 e. The van der Waals surface area contributed by atoms with Crippen LogP contribution in [0.1, 0.15) is 44.5 Å². The Labute approximate surface area is 113 Å². The summed E-state index contributed by atoms with van der Waals surface area (Å²) < 4.78 is 10.6. The van der Waals surface area contributed by atoms with Gasteiger partial charge in [0.25, 0.3) is 0 Å². The van der Waals surface area contributed by atoms with E-state index in [1.165, 1.54) is 6.92 Å².